The maximum atomic E-state index is 3.84. The van der Waals surface area contributed by atoms with Gasteiger partial charge in [-0.3, -0.25) is 4.90 Å². The van der Waals surface area contributed by atoms with Gasteiger partial charge in [-0.25, -0.2) is 0 Å². The summed E-state index contributed by atoms with van der Waals surface area (Å²) in [6, 6.07) is 1.10. The van der Waals surface area contributed by atoms with Crippen molar-refractivity contribution in [3.63, 3.8) is 0 Å². The fourth-order valence-corrected chi connectivity index (χ4v) is 3.44. The van der Waals surface area contributed by atoms with E-state index in [0.717, 1.165) is 6.54 Å². The van der Waals surface area contributed by atoms with E-state index in [4.69, 9.17) is 0 Å². The predicted molar refractivity (Wildman–Crippen MR) is 85.6 cm³/mol. The third kappa shape index (κ3) is 4.19. The van der Waals surface area contributed by atoms with Gasteiger partial charge in [0.25, 0.3) is 0 Å². The van der Waals surface area contributed by atoms with Crippen molar-refractivity contribution in [3.8, 4) is 0 Å². The summed E-state index contributed by atoms with van der Waals surface area (Å²) in [5.74, 6) is 0. The number of rotatable bonds is 0. The van der Waals surface area contributed by atoms with Gasteiger partial charge in [0, 0.05) is 24.2 Å². The Morgan fingerprint density at radius 2 is 1.37 bits per heavy atom. The first-order valence-corrected chi connectivity index (χ1v) is 7.85. The summed E-state index contributed by atoms with van der Waals surface area (Å²) in [4.78, 5) is 2.74. The van der Waals surface area contributed by atoms with Gasteiger partial charge in [-0.1, -0.05) is 41.5 Å². The summed E-state index contributed by atoms with van der Waals surface area (Å²) in [7, 11) is 0. The molecule has 2 unspecified atom stereocenters. The van der Waals surface area contributed by atoms with Gasteiger partial charge in [0.05, 0.1) is 0 Å². The number of nitrogens with zero attached hydrogens (tertiary/aromatic N) is 1. The lowest BCUT2D eigenvalue weighted by Gasteiger charge is -2.52. The van der Waals surface area contributed by atoms with Gasteiger partial charge in [0.2, 0.25) is 0 Å². The van der Waals surface area contributed by atoms with Gasteiger partial charge in [-0.05, 0) is 44.6 Å². The predicted octanol–water partition coefficient (Wildman–Crippen LogP) is 3.91. The summed E-state index contributed by atoms with van der Waals surface area (Å²) in [5.41, 5.74) is 0.793. The van der Waals surface area contributed by atoms with E-state index in [2.05, 4.69) is 72.5 Å². The van der Waals surface area contributed by atoms with Crippen LogP contribution in [0, 0.1) is 10.8 Å². The first-order valence-electron chi connectivity index (χ1n) is 7.85. The third-order valence-electron chi connectivity index (χ3n) is 4.27. The Kier molecular flexibility index (Phi) is 4.79. The lowest BCUT2D eigenvalue weighted by atomic mass is 9.71. The highest BCUT2D eigenvalue weighted by Gasteiger charge is 2.45. The molecule has 1 rings (SSSR count). The van der Waals surface area contributed by atoms with Crippen LogP contribution in [0.2, 0.25) is 0 Å². The van der Waals surface area contributed by atoms with E-state index in [1.54, 1.807) is 0 Å². The minimum atomic E-state index is 0.230. The zero-order valence-corrected chi connectivity index (χ0v) is 14.7. The quantitative estimate of drug-likeness (QED) is 0.716. The molecular formula is C17H36N2. The minimum Gasteiger partial charge on any atom is -0.312 e. The molecule has 0 amide bonds. The maximum Gasteiger partial charge on any atom is 0.0308 e. The average molecular weight is 268 g/mol. The highest BCUT2D eigenvalue weighted by Crippen LogP contribution is 2.38. The zero-order valence-electron chi connectivity index (χ0n) is 14.7. The van der Waals surface area contributed by atoms with Gasteiger partial charge < -0.3 is 5.32 Å². The second kappa shape index (κ2) is 5.37. The molecule has 0 spiro atoms. The molecule has 0 aliphatic carbocycles. The van der Waals surface area contributed by atoms with Gasteiger partial charge in [0.1, 0.15) is 0 Å². The lowest BCUT2D eigenvalue weighted by molar-refractivity contribution is -0.0122. The Morgan fingerprint density at radius 3 is 1.74 bits per heavy atom. The molecular weight excluding hydrogens is 232 g/mol. The van der Waals surface area contributed by atoms with Crippen molar-refractivity contribution in [2.45, 2.75) is 86.4 Å². The highest BCUT2D eigenvalue weighted by molar-refractivity contribution is 5.02. The molecule has 0 aromatic heterocycles. The molecule has 1 saturated heterocycles. The molecule has 0 aromatic rings. The number of nitrogens with one attached hydrogen (secondary N) is 1. The van der Waals surface area contributed by atoms with Crippen LogP contribution < -0.4 is 5.32 Å². The molecule has 0 bridgehead atoms. The zero-order chi connectivity index (χ0) is 15.1. The minimum absolute atomic E-state index is 0.230. The second-order valence-corrected chi connectivity index (χ2v) is 9.33. The second-order valence-electron chi connectivity index (χ2n) is 9.33. The largest absolute Gasteiger partial charge is 0.312 e. The number of hydrogen-bond acceptors (Lipinski definition) is 2. The first-order chi connectivity index (χ1) is 8.35. The fourth-order valence-electron chi connectivity index (χ4n) is 3.44. The lowest BCUT2D eigenvalue weighted by Crippen LogP contribution is -2.63. The Balaban J connectivity index is 3.23. The van der Waals surface area contributed by atoms with Crippen LogP contribution in [0.25, 0.3) is 0 Å². The Morgan fingerprint density at radius 1 is 0.842 bits per heavy atom. The third-order valence-corrected chi connectivity index (χ3v) is 4.27. The van der Waals surface area contributed by atoms with Gasteiger partial charge in [-0.2, -0.15) is 0 Å². The van der Waals surface area contributed by atoms with Crippen molar-refractivity contribution < 1.29 is 0 Å². The van der Waals surface area contributed by atoms with Crippen LogP contribution in [-0.2, 0) is 0 Å². The van der Waals surface area contributed by atoms with Crippen molar-refractivity contribution in [2.75, 3.05) is 13.1 Å². The van der Waals surface area contributed by atoms with Crippen LogP contribution in [0.4, 0.5) is 0 Å². The molecule has 2 atom stereocenters. The SMILES string of the molecule is CC(C)(C)C1NCCCN(C(C)(C)C)C1C(C)(C)C. The summed E-state index contributed by atoms with van der Waals surface area (Å²) in [6.07, 6.45) is 1.25. The van der Waals surface area contributed by atoms with Crippen LogP contribution in [0.5, 0.6) is 0 Å². The Labute approximate surface area is 121 Å². The van der Waals surface area contributed by atoms with E-state index in [9.17, 15) is 0 Å². The molecule has 1 N–H and O–H groups in total. The first kappa shape index (κ1) is 17.0. The number of hydrogen-bond donors (Lipinski definition) is 1. The molecule has 0 aromatic carbocycles. The van der Waals surface area contributed by atoms with E-state index in [1.807, 2.05) is 0 Å². The molecule has 0 radical (unpaired) electrons. The molecule has 19 heavy (non-hydrogen) atoms. The van der Waals surface area contributed by atoms with Crippen molar-refractivity contribution in [1.29, 1.82) is 0 Å². The standard InChI is InChI=1S/C17H36N2/c1-15(2,3)13-14(16(4,5)6)19(17(7,8)9)12-10-11-18-13/h13-14,18H,10-12H2,1-9H3. The van der Waals surface area contributed by atoms with E-state index >= 15 is 0 Å². The van der Waals surface area contributed by atoms with E-state index < -0.39 is 0 Å². The average Bonchev–Trinajstić information content (AvgIpc) is 2.35. The Bertz CT molecular complexity index is 264. The molecule has 1 aliphatic heterocycles. The molecule has 2 heteroatoms. The topological polar surface area (TPSA) is 15.3 Å². The van der Waals surface area contributed by atoms with Crippen LogP contribution in [0.3, 0.4) is 0 Å². The van der Waals surface area contributed by atoms with E-state index in [0.29, 0.717) is 12.1 Å². The van der Waals surface area contributed by atoms with Gasteiger partial charge >= 0.3 is 0 Å². The van der Waals surface area contributed by atoms with E-state index in [1.165, 1.54) is 13.0 Å². The van der Waals surface area contributed by atoms with Crippen LogP contribution in [0.1, 0.15) is 68.7 Å². The maximum absolute atomic E-state index is 3.84. The molecule has 2 nitrogen and oxygen atoms in total. The van der Waals surface area contributed by atoms with Crippen molar-refractivity contribution in [3.05, 3.63) is 0 Å². The normalized spacial score (nSPS) is 28.3. The van der Waals surface area contributed by atoms with Crippen LogP contribution in [0.15, 0.2) is 0 Å². The van der Waals surface area contributed by atoms with Crippen molar-refractivity contribution in [1.82, 2.24) is 10.2 Å². The highest BCUT2D eigenvalue weighted by atomic mass is 15.3. The molecule has 1 aliphatic rings. The summed E-state index contributed by atoms with van der Waals surface area (Å²) < 4.78 is 0. The molecule has 1 fully saturated rings. The smallest absolute Gasteiger partial charge is 0.0308 e. The molecule has 114 valence electrons. The van der Waals surface area contributed by atoms with Crippen molar-refractivity contribution in [2.24, 2.45) is 10.8 Å². The molecule has 1 heterocycles. The summed E-state index contributed by atoms with van der Waals surface area (Å²) in [6.45, 7) is 23.7. The summed E-state index contributed by atoms with van der Waals surface area (Å²) in [5, 5.41) is 3.84. The van der Waals surface area contributed by atoms with Gasteiger partial charge in [0.15, 0.2) is 0 Å². The monoisotopic (exact) mass is 268 g/mol. The fraction of sp³-hybridized carbons (Fsp3) is 1.00. The van der Waals surface area contributed by atoms with Gasteiger partial charge in [-0.15, -0.1) is 0 Å². The van der Waals surface area contributed by atoms with E-state index in [-0.39, 0.29) is 16.4 Å². The summed E-state index contributed by atoms with van der Waals surface area (Å²) >= 11 is 0. The van der Waals surface area contributed by atoms with Crippen molar-refractivity contribution >= 4 is 0 Å². The Hall–Kier alpha value is -0.0800. The molecule has 0 saturated carbocycles. The van der Waals surface area contributed by atoms with Crippen LogP contribution in [-0.4, -0.2) is 35.6 Å². The van der Waals surface area contributed by atoms with Crippen LogP contribution >= 0.6 is 0 Å².